The average Bonchev–Trinajstić information content (AvgIpc) is 2.57. The molecule has 2 unspecified atom stereocenters. The largest absolute Gasteiger partial charge is 0.494 e. The normalized spacial score (nSPS) is 20.7. The van der Waals surface area contributed by atoms with Gasteiger partial charge in [-0.3, -0.25) is 10.1 Å². The second-order valence-corrected chi connectivity index (χ2v) is 5.44. The zero-order chi connectivity index (χ0) is 16.1. The molecule has 1 amide bonds. The predicted octanol–water partition coefficient (Wildman–Crippen LogP) is 2.63. The van der Waals surface area contributed by atoms with Crippen molar-refractivity contribution >= 4 is 11.6 Å². The molecule has 2 aromatic rings. The number of carbonyl (C=O) groups excluding carboxylic acids is 1. The van der Waals surface area contributed by atoms with Crippen molar-refractivity contribution in [3.05, 3.63) is 60.2 Å². The van der Waals surface area contributed by atoms with Crippen LogP contribution in [0.25, 0.3) is 0 Å². The van der Waals surface area contributed by atoms with Gasteiger partial charge in [0.1, 0.15) is 5.75 Å². The van der Waals surface area contributed by atoms with E-state index < -0.39 is 0 Å². The van der Waals surface area contributed by atoms with Gasteiger partial charge < -0.3 is 15.4 Å². The van der Waals surface area contributed by atoms with E-state index in [0.717, 1.165) is 17.0 Å². The molecule has 120 valence electrons. The summed E-state index contributed by atoms with van der Waals surface area (Å²) in [6, 6.07) is 17.7. The van der Waals surface area contributed by atoms with Crippen LogP contribution in [0.5, 0.6) is 5.75 Å². The molecule has 0 radical (unpaired) electrons. The van der Waals surface area contributed by atoms with Gasteiger partial charge in [-0.1, -0.05) is 30.3 Å². The summed E-state index contributed by atoms with van der Waals surface area (Å²) in [6.07, 6.45) is 0.130. The molecule has 1 heterocycles. The molecule has 1 aliphatic heterocycles. The Morgan fingerprint density at radius 3 is 2.57 bits per heavy atom. The van der Waals surface area contributed by atoms with Crippen molar-refractivity contribution in [2.75, 3.05) is 11.9 Å². The molecule has 1 saturated heterocycles. The molecule has 3 rings (SSSR count). The summed E-state index contributed by atoms with van der Waals surface area (Å²) in [7, 11) is 0. The first-order valence-electron chi connectivity index (χ1n) is 7.84. The SMILES string of the molecule is CCOc1ccc(NC2NC(=O)CC(c3ccccc3)N2)cc1. The second kappa shape index (κ2) is 7.15. The number of amides is 1. The lowest BCUT2D eigenvalue weighted by atomic mass is 10.0. The minimum Gasteiger partial charge on any atom is -0.494 e. The quantitative estimate of drug-likeness (QED) is 0.794. The lowest BCUT2D eigenvalue weighted by Crippen LogP contribution is -2.56. The molecular weight excluding hydrogens is 290 g/mol. The van der Waals surface area contributed by atoms with E-state index in [2.05, 4.69) is 16.0 Å². The highest BCUT2D eigenvalue weighted by Gasteiger charge is 2.26. The third kappa shape index (κ3) is 4.02. The van der Waals surface area contributed by atoms with Gasteiger partial charge in [0.15, 0.2) is 6.29 Å². The van der Waals surface area contributed by atoms with Crippen molar-refractivity contribution < 1.29 is 9.53 Å². The smallest absolute Gasteiger partial charge is 0.224 e. The maximum Gasteiger partial charge on any atom is 0.224 e. The lowest BCUT2D eigenvalue weighted by Gasteiger charge is -2.32. The van der Waals surface area contributed by atoms with Gasteiger partial charge in [0, 0.05) is 18.2 Å². The summed E-state index contributed by atoms with van der Waals surface area (Å²) in [5, 5.41) is 9.61. The molecular formula is C18H21N3O2. The number of hydrogen-bond acceptors (Lipinski definition) is 4. The minimum absolute atomic E-state index is 0.00477. The van der Waals surface area contributed by atoms with Crippen LogP contribution in [0.15, 0.2) is 54.6 Å². The standard InChI is InChI=1S/C18H21N3O2/c1-2-23-15-10-8-14(9-11-15)19-18-20-16(12-17(22)21-18)13-6-4-3-5-7-13/h3-11,16,18-20H,2,12H2,1H3,(H,21,22). The molecule has 0 bridgehead atoms. The highest BCUT2D eigenvalue weighted by Crippen LogP contribution is 2.21. The van der Waals surface area contributed by atoms with Gasteiger partial charge in [0.05, 0.1) is 6.61 Å². The van der Waals surface area contributed by atoms with Crippen LogP contribution in [0.3, 0.4) is 0 Å². The third-order valence-electron chi connectivity index (χ3n) is 3.74. The van der Waals surface area contributed by atoms with E-state index in [1.807, 2.05) is 61.5 Å². The number of carbonyl (C=O) groups is 1. The highest BCUT2D eigenvalue weighted by molar-refractivity contribution is 5.78. The summed E-state index contributed by atoms with van der Waals surface area (Å²) in [6.45, 7) is 2.60. The molecule has 0 spiro atoms. The molecule has 3 N–H and O–H groups in total. The fraction of sp³-hybridized carbons (Fsp3) is 0.278. The van der Waals surface area contributed by atoms with Crippen LogP contribution in [0.4, 0.5) is 5.69 Å². The number of ether oxygens (including phenoxy) is 1. The van der Waals surface area contributed by atoms with Crippen LogP contribution in [-0.2, 0) is 4.79 Å². The number of anilines is 1. The van der Waals surface area contributed by atoms with Crippen LogP contribution in [0.1, 0.15) is 24.9 Å². The summed E-state index contributed by atoms with van der Waals surface area (Å²) >= 11 is 0. The summed E-state index contributed by atoms with van der Waals surface area (Å²) < 4.78 is 5.43. The third-order valence-corrected chi connectivity index (χ3v) is 3.74. The Balaban J connectivity index is 1.66. The van der Waals surface area contributed by atoms with Gasteiger partial charge in [0.2, 0.25) is 5.91 Å². The summed E-state index contributed by atoms with van der Waals surface area (Å²) in [5.41, 5.74) is 2.03. The molecule has 5 nitrogen and oxygen atoms in total. The van der Waals surface area contributed by atoms with Crippen LogP contribution < -0.4 is 20.7 Å². The number of nitrogens with one attached hydrogen (secondary N) is 3. The van der Waals surface area contributed by atoms with Crippen LogP contribution in [-0.4, -0.2) is 18.8 Å². The molecule has 2 atom stereocenters. The van der Waals surface area contributed by atoms with Crippen molar-refractivity contribution in [1.82, 2.24) is 10.6 Å². The average molecular weight is 311 g/mol. The molecule has 23 heavy (non-hydrogen) atoms. The van der Waals surface area contributed by atoms with Gasteiger partial charge in [-0.15, -0.1) is 0 Å². The van der Waals surface area contributed by atoms with Gasteiger partial charge in [-0.05, 0) is 36.8 Å². The Morgan fingerprint density at radius 1 is 1.13 bits per heavy atom. The van der Waals surface area contributed by atoms with Gasteiger partial charge in [0.25, 0.3) is 0 Å². The van der Waals surface area contributed by atoms with Gasteiger partial charge in [-0.25, -0.2) is 0 Å². The highest BCUT2D eigenvalue weighted by atomic mass is 16.5. The molecule has 0 saturated carbocycles. The maximum atomic E-state index is 12.0. The fourth-order valence-corrected chi connectivity index (χ4v) is 2.66. The van der Waals surface area contributed by atoms with E-state index in [9.17, 15) is 4.79 Å². The Labute approximate surface area is 136 Å². The Kier molecular flexibility index (Phi) is 4.78. The Hall–Kier alpha value is -2.53. The molecule has 1 aliphatic rings. The van der Waals surface area contributed by atoms with Crippen molar-refractivity contribution in [3.8, 4) is 5.75 Å². The summed E-state index contributed by atoms with van der Waals surface area (Å²) in [5.74, 6) is 0.863. The first kappa shape index (κ1) is 15.4. The van der Waals surface area contributed by atoms with E-state index in [0.29, 0.717) is 13.0 Å². The first-order chi connectivity index (χ1) is 11.2. The van der Waals surface area contributed by atoms with Crippen molar-refractivity contribution in [3.63, 3.8) is 0 Å². The van der Waals surface area contributed by atoms with Crippen molar-refractivity contribution in [2.24, 2.45) is 0 Å². The molecule has 0 aliphatic carbocycles. The van der Waals surface area contributed by atoms with Crippen LogP contribution >= 0.6 is 0 Å². The topological polar surface area (TPSA) is 62.4 Å². The first-order valence-corrected chi connectivity index (χ1v) is 7.84. The van der Waals surface area contributed by atoms with E-state index >= 15 is 0 Å². The second-order valence-electron chi connectivity index (χ2n) is 5.44. The molecule has 1 fully saturated rings. The summed E-state index contributed by atoms with van der Waals surface area (Å²) in [4.78, 5) is 12.0. The molecule has 5 heteroatoms. The zero-order valence-corrected chi connectivity index (χ0v) is 13.1. The Morgan fingerprint density at radius 2 is 1.87 bits per heavy atom. The van der Waals surface area contributed by atoms with Gasteiger partial charge in [-0.2, -0.15) is 0 Å². The van der Waals surface area contributed by atoms with Gasteiger partial charge >= 0.3 is 0 Å². The monoisotopic (exact) mass is 311 g/mol. The van der Waals surface area contributed by atoms with E-state index in [-0.39, 0.29) is 18.2 Å². The minimum atomic E-state index is -0.306. The molecule has 2 aromatic carbocycles. The Bertz CT molecular complexity index is 643. The fourth-order valence-electron chi connectivity index (χ4n) is 2.66. The van der Waals surface area contributed by atoms with Crippen LogP contribution in [0.2, 0.25) is 0 Å². The zero-order valence-electron chi connectivity index (χ0n) is 13.1. The van der Waals surface area contributed by atoms with Crippen molar-refractivity contribution in [2.45, 2.75) is 25.7 Å². The van der Waals surface area contributed by atoms with E-state index in [4.69, 9.17) is 4.74 Å². The maximum absolute atomic E-state index is 12.0. The predicted molar refractivity (Wildman–Crippen MR) is 90.1 cm³/mol. The van der Waals surface area contributed by atoms with Crippen molar-refractivity contribution in [1.29, 1.82) is 0 Å². The van der Waals surface area contributed by atoms with Crippen LogP contribution in [0, 0.1) is 0 Å². The van der Waals surface area contributed by atoms with E-state index in [1.54, 1.807) is 0 Å². The molecule has 0 aromatic heterocycles. The number of benzene rings is 2. The van der Waals surface area contributed by atoms with E-state index in [1.165, 1.54) is 0 Å². The lowest BCUT2D eigenvalue weighted by molar-refractivity contribution is -0.124. The number of hydrogen-bond donors (Lipinski definition) is 3. The number of rotatable bonds is 5.